The SMILES string of the molecule is CCCCC(S)CC(S)Cc1cc[c]cc1. The van der Waals surface area contributed by atoms with Crippen LogP contribution in [0.4, 0.5) is 0 Å². The molecule has 1 aromatic rings. The molecule has 0 nitrogen and oxygen atoms in total. The Bertz CT molecular complexity index is 271. The van der Waals surface area contributed by atoms with Crippen LogP contribution in [0.15, 0.2) is 24.3 Å². The fraction of sp³-hybridized carbons (Fsp3) is 0.571. The monoisotopic (exact) mass is 253 g/mol. The lowest BCUT2D eigenvalue weighted by Crippen LogP contribution is -2.11. The summed E-state index contributed by atoms with van der Waals surface area (Å²) in [6, 6.07) is 11.2. The maximum atomic E-state index is 4.64. The molecule has 0 aliphatic rings. The number of hydrogen-bond donors (Lipinski definition) is 2. The summed E-state index contributed by atoms with van der Waals surface area (Å²) in [6.45, 7) is 2.22. The summed E-state index contributed by atoms with van der Waals surface area (Å²) in [7, 11) is 0. The lowest BCUT2D eigenvalue weighted by atomic mass is 10.0. The van der Waals surface area contributed by atoms with Gasteiger partial charge in [0.15, 0.2) is 0 Å². The van der Waals surface area contributed by atoms with Crippen molar-refractivity contribution in [1.29, 1.82) is 0 Å². The Balaban J connectivity index is 2.27. The molecule has 0 aliphatic heterocycles. The smallest absolute Gasteiger partial charge is 0.00676 e. The topological polar surface area (TPSA) is 0 Å². The van der Waals surface area contributed by atoms with Crippen LogP contribution in [0.1, 0.15) is 38.2 Å². The fourth-order valence-corrected chi connectivity index (χ4v) is 2.85. The van der Waals surface area contributed by atoms with Gasteiger partial charge in [-0.2, -0.15) is 25.3 Å². The molecule has 16 heavy (non-hydrogen) atoms. The van der Waals surface area contributed by atoms with Gasteiger partial charge in [0.1, 0.15) is 0 Å². The quantitative estimate of drug-likeness (QED) is 0.668. The normalized spacial score (nSPS) is 14.7. The average Bonchev–Trinajstić information content (AvgIpc) is 2.27. The van der Waals surface area contributed by atoms with Crippen LogP contribution in [0, 0.1) is 6.07 Å². The maximum absolute atomic E-state index is 4.64. The molecule has 0 saturated heterocycles. The van der Waals surface area contributed by atoms with Gasteiger partial charge in [0.2, 0.25) is 0 Å². The van der Waals surface area contributed by atoms with Gasteiger partial charge in [-0.25, -0.2) is 0 Å². The summed E-state index contributed by atoms with van der Waals surface area (Å²) in [4.78, 5) is 0. The predicted octanol–water partition coefficient (Wildman–Crippen LogP) is 4.21. The van der Waals surface area contributed by atoms with Gasteiger partial charge in [-0.05, 0) is 30.9 Å². The Labute approximate surface area is 111 Å². The second-order valence-corrected chi connectivity index (χ2v) is 5.76. The van der Waals surface area contributed by atoms with Crippen molar-refractivity contribution in [3.8, 4) is 0 Å². The number of hydrogen-bond acceptors (Lipinski definition) is 2. The van der Waals surface area contributed by atoms with Crippen LogP contribution in [-0.4, -0.2) is 10.5 Å². The molecule has 0 bridgehead atoms. The van der Waals surface area contributed by atoms with E-state index >= 15 is 0 Å². The van der Waals surface area contributed by atoms with E-state index < -0.39 is 0 Å². The highest BCUT2D eigenvalue weighted by Crippen LogP contribution is 2.19. The molecule has 0 spiro atoms. The highest BCUT2D eigenvalue weighted by Gasteiger charge is 2.10. The van der Waals surface area contributed by atoms with Gasteiger partial charge < -0.3 is 0 Å². The van der Waals surface area contributed by atoms with Crippen molar-refractivity contribution in [1.82, 2.24) is 0 Å². The highest BCUT2D eigenvalue weighted by molar-refractivity contribution is 7.81. The van der Waals surface area contributed by atoms with Crippen molar-refractivity contribution < 1.29 is 0 Å². The van der Waals surface area contributed by atoms with Crippen LogP contribution in [0.25, 0.3) is 0 Å². The summed E-state index contributed by atoms with van der Waals surface area (Å²) < 4.78 is 0. The molecular weight excluding hydrogens is 232 g/mol. The molecule has 89 valence electrons. The molecule has 1 aromatic carbocycles. The largest absolute Gasteiger partial charge is 0.176 e. The molecular formula is C14H21S2. The van der Waals surface area contributed by atoms with E-state index in [9.17, 15) is 0 Å². The molecule has 2 heteroatoms. The van der Waals surface area contributed by atoms with Crippen molar-refractivity contribution in [3.63, 3.8) is 0 Å². The van der Waals surface area contributed by atoms with Crippen molar-refractivity contribution in [2.45, 2.75) is 49.5 Å². The first-order valence-corrected chi connectivity index (χ1v) is 7.06. The molecule has 0 aliphatic carbocycles. The van der Waals surface area contributed by atoms with E-state index in [4.69, 9.17) is 0 Å². The van der Waals surface area contributed by atoms with Crippen LogP contribution in [0.5, 0.6) is 0 Å². The van der Waals surface area contributed by atoms with E-state index in [0.29, 0.717) is 10.5 Å². The first-order valence-electron chi connectivity index (χ1n) is 6.03. The molecule has 0 aromatic heterocycles. The maximum Gasteiger partial charge on any atom is 0.00676 e. The molecule has 0 amide bonds. The third kappa shape index (κ3) is 5.86. The van der Waals surface area contributed by atoms with E-state index in [-0.39, 0.29) is 0 Å². The molecule has 0 heterocycles. The minimum Gasteiger partial charge on any atom is -0.176 e. The fourth-order valence-electron chi connectivity index (χ4n) is 1.78. The summed E-state index contributed by atoms with van der Waals surface area (Å²) in [5.41, 5.74) is 1.34. The number of thiol groups is 2. The number of benzene rings is 1. The van der Waals surface area contributed by atoms with E-state index in [1.54, 1.807) is 0 Å². The van der Waals surface area contributed by atoms with Crippen molar-refractivity contribution in [3.05, 3.63) is 35.9 Å². The Morgan fingerprint density at radius 3 is 2.50 bits per heavy atom. The summed E-state index contributed by atoms with van der Waals surface area (Å²) in [5, 5.41) is 0.916. The van der Waals surface area contributed by atoms with Crippen LogP contribution in [0.3, 0.4) is 0 Å². The summed E-state index contributed by atoms with van der Waals surface area (Å²) in [6.07, 6.45) is 5.85. The minimum atomic E-state index is 0.418. The molecule has 2 unspecified atom stereocenters. The number of unbranched alkanes of at least 4 members (excludes halogenated alkanes) is 1. The van der Waals surface area contributed by atoms with Crippen LogP contribution < -0.4 is 0 Å². The summed E-state index contributed by atoms with van der Waals surface area (Å²) in [5.74, 6) is 0. The molecule has 1 radical (unpaired) electrons. The van der Waals surface area contributed by atoms with E-state index in [0.717, 1.165) is 12.8 Å². The standard InChI is InChI=1S/C14H21S2/c1-2-3-9-13(15)11-14(16)10-12-7-5-4-6-8-12/h5-8,13-16H,2-3,9-11H2,1H3. The van der Waals surface area contributed by atoms with E-state index in [2.05, 4.69) is 50.4 Å². The third-order valence-corrected chi connectivity index (χ3v) is 3.56. The second-order valence-electron chi connectivity index (χ2n) is 4.30. The highest BCUT2D eigenvalue weighted by atomic mass is 32.1. The average molecular weight is 253 g/mol. The van der Waals surface area contributed by atoms with E-state index in [1.807, 2.05) is 12.1 Å². The zero-order chi connectivity index (χ0) is 11.8. The Kier molecular flexibility index (Phi) is 7.06. The van der Waals surface area contributed by atoms with Gasteiger partial charge in [0, 0.05) is 10.5 Å². The lowest BCUT2D eigenvalue weighted by molar-refractivity contribution is 0.634. The van der Waals surface area contributed by atoms with Gasteiger partial charge in [0.25, 0.3) is 0 Å². The van der Waals surface area contributed by atoms with Gasteiger partial charge in [0.05, 0.1) is 0 Å². The summed E-state index contributed by atoms with van der Waals surface area (Å²) >= 11 is 9.26. The van der Waals surface area contributed by atoms with Crippen molar-refractivity contribution in [2.24, 2.45) is 0 Å². The van der Waals surface area contributed by atoms with Gasteiger partial charge in [-0.3, -0.25) is 0 Å². The minimum absolute atomic E-state index is 0.418. The van der Waals surface area contributed by atoms with Crippen LogP contribution >= 0.6 is 25.3 Å². The molecule has 0 N–H and O–H groups in total. The van der Waals surface area contributed by atoms with E-state index in [1.165, 1.54) is 24.8 Å². The van der Waals surface area contributed by atoms with Gasteiger partial charge in [-0.1, -0.05) is 44.0 Å². The zero-order valence-electron chi connectivity index (χ0n) is 9.89. The zero-order valence-corrected chi connectivity index (χ0v) is 11.7. The Morgan fingerprint density at radius 1 is 1.19 bits per heavy atom. The first-order chi connectivity index (χ1) is 7.72. The third-order valence-electron chi connectivity index (χ3n) is 2.69. The molecule has 0 fully saturated rings. The first kappa shape index (κ1) is 14.0. The van der Waals surface area contributed by atoms with Crippen LogP contribution in [0.2, 0.25) is 0 Å². The molecule has 2 atom stereocenters. The van der Waals surface area contributed by atoms with Gasteiger partial charge >= 0.3 is 0 Å². The molecule has 0 saturated carbocycles. The van der Waals surface area contributed by atoms with Crippen molar-refractivity contribution in [2.75, 3.05) is 0 Å². The Morgan fingerprint density at radius 2 is 1.88 bits per heavy atom. The van der Waals surface area contributed by atoms with Gasteiger partial charge in [-0.15, -0.1) is 0 Å². The Hall–Kier alpha value is -0.0800. The molecule has 1 rings (SSSR count). The van der Waals surface area contributed by atoms with Crippen LogP contribution in [-0.2, 0) is 6.42 Å². The predicted molar refractivity (Wildman–Crippen MR) is 78.7 cm³/mol. The lowest BCUT2D eigenvalue weighted by Gasteiger charge is -2.15. The van der Waals surface area contributed by atoms with Crippen molar-refractivity contribution >= 4 is 25.3 Å². The second kappa shape index (κ2) is 8.08. The number of rotatable bonds is 7.